The minimum absolute atomic E-state index is 0.623. The van der Waals surface area contributed by atoms with Gasteiger partial charge >= 0.3 is 0 Å². The summed E-state index contributed by atoms with van der Waals surface area (Å²) in [7, 11) is 0. The SMILES string of the molecule is CSP(O)(=S)Oc1ccccc1. The molecule has 0 spiro atoms. The zero-order valence-electron chi connectivity index (χ0n) is 6.51. The van der Waals surface area contributed by atoms with E-state index in [2.05, 4.69) is 0 Å². The van der Waals surface area contributed by atoms with Crippen molar-refractivity contribution in [2.24, 2.45) is 0 Å². The first-order chi connectivity index (χ1) is 5.64. The number of benzene rings is 1. The molecule has 0 bridgehead atoms. The molecule has 1 atom stereocenters. The first kappa shape index (κ1) is 10.1. The molecule has 12 heavy (non-hydrogen) atoms. The van der Waals surface area contributed by atoms with Gasteiger partial charge in [-0.1, -0.05) is 29.6 Å². The van der Waals surface area contributed by atoms with E-state index in [1.807, 2.05) is 18.2 Å². The quantitative estimate of drug-likeness (QED) is 0.793. The molecule has 0 radical (unpaired) electrons. The molecule has 0 aliphatic heterocycles. The molecule has 0 saturated carbocycles. The molecule has 0 fully saturated rings. The molecule has 0 aliphatic rings. The molecule has 2 nitrogen and oxygen atoms in total. The van der Waals surface area contributed by atoms with Gasteiger partial charge in [0, 0.05) is 0 Å². The van der Waals surface area contributed by atoms with Crippen molar-refractivity contribution in [1.29, 1.82) is 0 Å². The summed E-state index contributed by atoms with van der Waals surface area (Å²) in [6, 6.07) is 9.10. The van der Waals surface area contributed by atoms with Crippen LogP contribution in [0.15, 0.2) is 30.3 Å². The van der Waals surface area contributed by atoms with E-state index in [4.69, 9.17) is 16.3 Å². The summed E-state index contributed by atoms with van der Waals surface area (Å²) in [5, 5.41) is 0. The third kappa shape index (κ3) is 3.15. The Morgan fingerprint density at radius 3 is 2.50 bits per heavy atom. The van der Waals surface area contributed by atoms with E-state index in [0.29, 0.717) is 5.75 Å². The molecule has 0 amide bonds. The largest absolute Gasteiger partial charge is 0.436 e. The van der Waals surface area contributed by atoms with E-state index >= 15 is 0 Å². The standard InChI is InChI=1S/C7H9O2PS2/c1-12-10(8,11)9-7-5-3-2-4-6-7/h2-6H,1H3,(H,8,11). The van der Waals surface area contributed by atoms with Gasteiger partial charge in [-0.2, -0.15) is 0 Å². The van der Waals surface area contributed by atoms with Crippen LogP contribution in [0.5, 0.6) is 5.75 Å². The van der Waals surface area contributed by atoms with Gasteiger partial charge in [0.05, 0.1) is 0 Å². The Bertz CT molecular complexity index is 289. The normalized spacial score (nSPS) is 15.2. The molecule has 1 rings (SSSR count). The fraction of sp³-hybridized carbons (Fsp3) is 0.143. The van der Waals surface area contributed by atoms with Crippen LogP contribution >= 0.6 is 17.1 Å². The Labute approximate surface area is 80.9 Å². The number of hydrogen-bond acceptors (Lipinski definition) is 3. The van der Waals surface area contributed by atoms with Gasteiger partial charge in [0.2, 0.25) is 0 Å². The number of rotatable bonds is 3. The summed E-state index contributed by atoms with van der Waals surface area (Å²) < 4.78 is 5.20. The Hall–Kier alpha value is -0.0200. The predicted octanol–water partition coefficient (Wildman–Crippen LogP) is 2.65. The van der Waals surface area contributed by atoms with Crippen LogP contribution in [0.1, 0.15) is 0 Å². The zero-order chi connectivity index (χ0) is 9.03. The van der Waals surface area contributed by atoms with Crippen LogP contribution in [0.4, 0.5) is 0 Å². The van der Waals surface area contributed by atoms with Gasteiger partial charge in [-0.3, -0.25) is 0 Å². The van der Waals surface area contributed by atoms with Gasteiger partial charge in [0.1, 0.15) is 5.75 Å². The van der Waals surface area contributed by atoms with Crippen molar-refractivity contribution in [3.05, 3.63) is 30.3 Å². The second-order valence-electron chi connectivity index (χ2n) is 2.06. The van der Waals surface area contributed by atoms with Gasteiger partial charge in [-0.05, 0) is 30.2 Å². The van der Waals surface area contributed by atoms with E-state index in [1.165, 1.54) is 11.4 Å². The lowest BCUT2D eigenvalue weighted by molar-refractivity contribution is 0.504. The molecule has 0 heterocycles. The molecule has 1 aromatic carbocycles. The maximum atomic E-state index is 9.44. The summed E-state index contributed by atoms with van der Waals surface area (Å²) in [5.41, 5.74) is -2.65. The van der Waals surface area contributed by atoms with E-state index in [0.717, 1.165) is 0 Å². The van der Waals surface area contributed by atoms with Gasteiger partial charge in [-0.15, -0.1) is 0 Å². The third-order valence-electron chi connectivity index (χ3n) is 1.19. The van der Waals surface area contributed by atoms with Crippen molar-refractivity contribution in [2.75, 3.05) is 6.26 Å². The molecule has 0 aliphatic carbocycles. The first-order valence-electron chi connectivity index (χ1n) is 3.27. The van der Waals surface area contributed by atoms with Gasteiger partial charge in [-0.25, -0.2) is 0 Å². The fourth-order valence-electron chi connectivity index (χ4n) is 0.652. The molecule has 1 unspecified atom stereocenters. The molecule has 66 valence electrons. The Kier molecular flexibility index (Phi) is 3.59. The third-order valence-corrected chi connectivity index (χ3v) is 5.27. The molecule has 1 aromatic rings. The Balaban J connectivity index is 2.71. The maximum Gasteiger partial charge on any atom is 0.294 e. The second kappa shape index (κ2) is 4.28. The molecule has 0 saturated heterocycles. The maximum absolute atomic E-state index is 9.44. The minimum Gasteiger partial charge on any atom is -0.436 e. The fourth-order valence-corrected chi connectivity index (χ4v) is 1.85. The molecule has 0 aromatic heterocycles. The van der Waals surface area contributed by atoms with Crippen molar-refractivity contribution in [2.45, 2.75) is 0 Å². The molecular weight excluding hydrogens is 211 g/mol. The summed E-state index contributed by atoms with van der Waals surface area (Å²) in [5.74, 6) is 0.623. The lowest BCUT2D eigenvalue weighted by atomic mass is 10.3. The van der Waals surface area contributed by atoms with Gasteiger partial charge in [0.25, 0.3) is 5.69 Å². The van der Waals surface area contributed by atoms with Crippen molar-refractivity contribution >= 4 is 28.9 Å². The van der Waals surface area contributed by atoms with E-state index in [1.54, 1.807) is 18.4 Å². The highest BCUT2D eigenvalue weighted by atomic mass is 32.9. The lowest BCUT2D eigenvalue weighted by Crippen LogP contribution is -1.85. The molecule has 5 heteroatoms. The topological polar surface area (TPSA) is 29.5 Å². The zero-order valence-corrected chi connectivity index (χ0v) is 9.03. The Morgan fingerprint density at radius 2 is 2.00 bits per heavy atom. The van der Waals surface area contributed by atoms with Crippen molar-refractivity contribution in [3.63, 3.8) is 0 Å². The highest BCUT2D eigenvalue weighted by Gasteiger charge is 2.12. The molecule has 1 N–H and O–H groups in total. The number of hydrogen-bond donors (Lipinski definition) is 1. The van der Waals surface area contributed by atoms with E-state index in [-0.39, 0.29) is 0 Å². The van der Waals surface area contributed by atoms with E-state index < -0.39 is 5.69 Å². The van der Waals surface area contributed by atoms with Gasteiger partial charge in [0.15, 0.2) is 0 Å². The van der Waals surface area contributed by atoms with Crippen molar-refractivity contribution in [3.8, 4) is 5.75 Å². The number of para-hydroxylation sites is 1. The van der Waals surface area contributed by atoms with Crippen molar-refractivity contribution in [1.82, 2.24) is 0 Å². The highest BCUT2D eigenvalue weighted by molar-refractivity contribution is 8.67. The van der Waals surface area contributed by atoms with Crippen LogP contribution in [-0.2, 0) is 11.8 Å². The van der Waals surface area contributed by atoms with Crippen LogP contribution in [0, 0.1) is 0 Å². The van der Waals surface area contributed by atoms with Crippen LogP contribution in [-0.4, -0.2) is 11.1 Å². The monoisotopic (exact) mass is 220 g/mol. The van der Waals surface area contributed by atoms with Crippen LogP contribution < -0.4 is 4.52 Å². The smallest absolute Gasteiger partial charge is 0.294 e. The van der Waals surface area contributed by atoms with E-state index in [9.17, 15) is 4.89 Å². The summed E-state index contributed by atoms with van der Waals surface area (Å²) in [6.07, 6.45) is 1.74. The lowest BCUT2D eigenvalue weighted by Gasteiger charge is -2.13. The Morgan fingerprint density at radius 1 is 1.42 bits per heavy atom. The van der Waals surface area contributed by atoms with Crippen molar-refractivity contribution < 1.29 is 9.42 Å². The van der Waals surface area contributed by atoms with Crippen LogP contribution in [0.25, 0.3) is 0 Å². The second-order valence-corrected chi connectivity index (χ2v) is 8.30. The van der Waals surface area contributed by atoms with Crippen LogP contribution in [0.3, 0.4) is 0 Å². The van der Waals surface area contributed by atoms with Gasteiger partial charge < -0.3 is 9.42 Å². The summed E-state index contributed by atoms with van der Waals surface area (Å²) in [4.78, 5) is 9.44. The summed E-state index contributed by atoms with van der Waals surface area (Å²) in [6.45, 7) is 0. The minimum atomic E-state index is -2.65. The average molecular weight is 220 g/mol. The first-order valence-corrected chi connectivity index (χ1v) is 7.77. The predicted molar refractivity (Wildman–Crippen MR) is 57.1 cm³/mol. The highest BCUT2D eigenvalue weighted by Crippen LogP contribution is 2.53. The summed E-state index contributed by atoms with van der Waals surface area (Å²) >= 11 is 6.02. The van der Waals surface area contributed by atoms with Crippen LogP contribution in [0.2, 0.25) is 0 Å². The molecular formula is C7H9O2PS2. The average Bonchev–Trinajstić information content (AvgIpc) is 2.06.